The number of sulfonamides is 1. The Balaban J connectivity index is 1.39. The zero-order chi connectivity index (χ0) is 25.0. The Morgan fingerprint density at radius 1 is 1.11 bits per heavy atom. The molecule has 4 rings (SSSR count). The standard InChI is InChI=1S/C26H31N3O5S/c1-4-34-23-8-6-5-7-21(23)17-27-26(30)20-13-15-29(16-14-20)25-18(2)24(35(31,32)28-25)19-9-11-22(33-3)12-10-19/h5-12,20H,4,13-17H2,1-3H3,(H,27,30). The van der Waals surface area contributed by atoms with Crippen LogP contribution in [0.2, 0.25) is 0 Å². The minimum absolute atomic E-state index is 0.00289. The van der Waals surface area contributed by atoms with E-state index in [2.05, 4.69) is 9.71 Å². The Bertz CT molecular complexity index is 1240. The number of carbonyl (C=O) groups is 1. The SMILES string of the molecule is CCOc1ccccc1CNC(=O)C1CCN(C2=NS(=O)(=O)C(c3ccc(OC)cc3)=C2C)CC1. The van der Waals surface area contributed by atoms with Gasteiger partial charge in [-0.2, -0.15) is 8.42 Å². The van der Waals surface area contributed by atoms with Gasteiger partial charge < -0.3 is 19.7 Å². The normalized spacial score (nSPS) is 17.8. The Morgan fingerprint density at radius 2 is 1.80 bits per heavy atom. The fraction of sp³-hybridized carbons (Fsp3) is 0.385. The third kappa shape index (κ3) is 5.35. The number of piperidine rings is 1. The molecular formula is C26H31N3O5S. The van der Waals surface area contributed by atoms with Gasteiger partial charge in [0.1, 0.15) is 22.2 Å². The van der Waals surface area contributed by atoms with E-state index in [9.17, 15) is 13.2 Å². The molecule has 1 N–H and O–H groups in total. The summed E-state index contributed by atoms with van der Waals surface area (Å²) in [7, 11) is -2.23. The van der Waals surface area contributed by atoms with E-state index in [1.54, 1.807) is 38.3 Å². The first kappa shape index (κ1) is 24.8. The van der Waals surface area contributed by atoms with Crippen LogP contribution in [0.3, 0.4) is 0 Å². The Kier molecular flexibility index (Phi) is 7.45. The molecule has 186 valence electrons. The molecule has 0 unspecified atom stereocenters. The van der Waals surface area contributed by atoms with Crippen LogP contribution in [-0.4, -0.2) is 51.9 Å². The van der Waals surface area contributed by atoms with E-state index < -0.39 is 10.0 Å². The lowest BCUT2D eigenvalue weighted by molar-refractivity contribution is -0.126. The van der Waals surface area contributed by atoms with Gasteiger partial charge in [0.15, 0.2) is 0 Å². The summed E-state index contributed by atoms with van der Waals surface area (Å²) in [6.45, 7) is 5.83. The van der Waals surface area contributed by atoms with Crippen LogP contribution in [0, 0.1) is 5.92 Å². The van der Waals surface area contributed by atoms with Gasteiger partial charge in [-0.25, -0.2) is 0 Å². The molecule has 2 aliphatic rings. The van der Waals surface area contributed by atoms with E-state index >= 15 is 0 Å². The van der Waals surface area contributed by atoms with Gasteiger partial charge in [-0.15, -0.1) is 4.40 Å². The highest BCUT2D eigenvalue weighted by molar-refractivity contribution is 8.00. The summed E-state index contributed by atoms with van der Waals surface area (Å²) >= 11 is 0. The van der Waals surface area contributed by atoms with Crippen LogP contribution in [0.1, 0.15) is 37.8 Å². The molecule has 2 aliphatic heterocycles. The Labute approximate surface area is 206 Å². The van der Waals surface area contributed by atoms with Crippen molar-refractivity contribution in [1.82, 2.24) is 10.2 Å². The van der Waals surface area contributed by atoms with Gasteiger partial charge in [0.05, 0.1) is 13.7 Å². The molecule has 9 heteroatoms. The second kappa shape index (κ2) is 10.5. The molecule has 35 heavy (non-hydrogen) atoms. The van der Waals surface area contributed by atoms with E-state index in [1.165, 1.54) is 0 Å². The maximum absolute atomic E-state index is 12.9. The molecular weight excluding hydrogens is 466 g/mol. The number of hydrogen-bond acceptors (Lipinski definition) is 6. The van der Waals surface area contributed by atoms with Crippen LogP contribution < -0.4 is 14.8 Å². The predicted molar refractivity (Wildman–Crippen MR) is 136 cm³/mol. The van der Waals surface area contributed by atoms with Crippen LogP contribution in [0.15, 0.2) is 58.5 Å². The monoisotopic (exact) mass is 497 g/mol. The van der Waals surface area contributed by atoms with Gasteiger partial charge in [-0.1, -0.05) is 18.2 Å². The molecule has 1 saturated heterocycles. The molecule has 2 heterocycles. The van der Waals surface area contributed by atoms with Crippen LogP contribution in [-0.2, 0) is 21.4 Å². The highest BCUT2D eigenvalue weighted by atomic mass is 32.2. The number of likely N-dealkylation sites (tertiary alicyclic amines) is 1. The van der Waals surface area contributed by atoms with E-state index in [1.807, 2.05) is 36.1 Å². The first-order chi connectivity index (χ1) is 16.8. The molecule has 0 radical (unpaired) electrons. The zero-order valence-corrected chi connectivity index (χ0v) is 21.1. The lowest BCUT2D eigenvalue weighted by atomic mass is 9.95. The van der Waals surface area contributed by atoms with Crippen LogP contribution >= 0.6 is 0 Å². The third-order valence-electron chi connectivity index (χ3n) is 6.38. The molecule has 0 aliphatic carbocycles. The number of amides is 1. The molecule has 8 nitrogen and oxygen atoms in total. The van der Waals surface area contributed by atoms with Gasteiger partial charge in [0.2, 0.25) is 5.91 Å². The number of para-hydroxylation sites is 1. The maximum Gasteiger partial charge on any atom is 0.285 e. The number of amidine groups is 1. The van der Waals surface area contributed by atoms with E-state index in [4.69, 9.17) is 9.47 Å². The molecule has 0 atom stereocenters. The quantitative estimate of drug-likeness (QED) is 0.628. The van der Waals surface area contributed by atoms with Gasteiger partial charge in [0, 0.05) is 36.7 Å². The largest absolute Gasteiger partial charge is 0.497 e. The van der Waals surface area contributed by atoms with Crippen molar-refractivity contribution in [3.63, 3.8) is 0 Å². The summed E-state index contributed by atoms with van der Waals surface area (Å²) in [5, 5.41) is 3.03. The van der Waals surface area contributed by atoms with Crippen molar-refractivity contribution in [3.05, 3.63) is 65.2 Å². The molecule has 2 aromatic rings. The highest BCUT2D eigenvalue weighted by Crippen LogP contribution is 2.35. The second-order valence-corrected chi connectivity index (χ2v) is 10.1. The Morgan fingerprint density at radius 3 is 2.46 bits per heavy atom. The number of nitrogens with zero attached hydrogens (tertiary/aromatic N) is 2. The van der Waals surface area contributed by atoms with Crippen molar-refractivity contribution in [2.45, 2.75) is 33.2 Å². The Hall–Kier alpha value is -3.33. The summed E-state index contributed by atoms with van der Waals surface area (Å²) in [6, 6.07) is 14.6. The lowest BCUT2D eigenvalue weighted by Gasteiger charge is -2.32. The zero-order valence-electron chi connectivity index (χ0n) is 20.3. The van der Waals surface area contributed by atoms with Crippen LogP contribution in [0.5, 0.6) is 11.5 Å². The summed E-state index contributed by atoms with van der Waals surface area (Å²) < 4.78 is 40.6. The molecule has 2 aromatic carbocycles. The first-order valence-corrected chi connectivity index (χ1v) is 13.2. The molecule has 0 aromatic heterocycles. The predicted octanol–water partition coefficient (Wildman–Crippen LogP) is 3.60. The average molecular weight is 498 g/mol. The summed E-state index contributed by atoms with van der Waals surface area (Å²) in [5.74, 6) is 1.78. The number of rotatable bonds is 7. The summed E-state index contributed by atoms with van der Waals surface area (Å²) in [6.07, 6.45) is 1.26. The van der Waals surface area contributed by atoms with Crippen molar-refractivity contribution in [2.24, 2.45) is 10.3 Å². The molecule has 0 bridgehead atoms. The minimum Gasteiger partial charge on any atom is -0.497 e. The molecule has 1 amide bonds. The van der Waals surface area contributed by atoms with Crippen molar-refractivity contribution in [3.8, 4) is 11.5 Å². The van der Waals surface area contributed by atoms with Gasteiger partial charge in [-0.3, -0.25) is 4.79 Å². The molecule has 1 fully saturated rings. The number of benzene rings is 2. The van der Waals surface area contributed by atoms with Gasteiger partial charge in [0.25, 0.3) is 10.0 Å². The topological polar surface area (TPSA) is 97.3 Å². The third-order valence-corrected chi connectivity index (χ3v) is 7.85. The fourth-order valence-corrected chi connectivity index (χ4v) is 6.04. The molecule has 0 spiro atoms. The smallest absolute Gasteiger partial charge is 0.285 e. The number of hydrogen-bond donors (Lipinski definition) is 1. The van der Waals surface area contributed by atoms with Crippen molar-refractivity contribution in [1.29, 1.82) is 0 Å². The number of nitrogens with one attached hydrogen (secondary N) is 1. The van der Waals surface area contributed by atoms with E-state index in [-0.39, 0.29) is 16.7 Å². The second-order valence-electron chi connectivity index (χ2n) is 8.59. The van der Waals surface area contributed by atoms with Crippen molar-refractivity contribution < 1.29 is 22.7 Å². The first-order valence-electron chi connectivity index (χ1n) is 11.8. The number of ether oxygens (including phenoxy) is 2. The van der Waals surface area contributed by atoms with Gasteiger partial charge in [-0.05, 0) is 62.6 Å². The van der Waals surface area contributed by atoms with Gasteiger partial charge >= 0.3 is 0 Å². The van der Waals surface area contributed by atoms with E-state index in [0.717, 1.165) is 11.3 Å². The molecule has 0 saturated carbocycles. The summed E-state index contributed by atoms with van der Waals surface area (Å²) in [5.41, 5.74) is 2.16. The highest BCUT2D eigenvalue weighted by Gasteiger charge is 2.35. The van der Waals surface area contributed by atoms with E-state index in [0.29, 0.717) is 61.8 Å². The maximum atomic E-state index is 12.9. The summed E-state index contributed by atoms with van der Waals surface area (Å²) in [4.78, 5) is 15.0. The average Bonchev–Trinajstić information content (AvgIpc) is 3.12. The fourth-order valence-electron chi connectivity index (χ4n) is 4.55. The lowest BCUT2D eigenvalue weighted by Crippen LogP contribution is -2.43. The minimum atomic E-state index is -3.79. The van der Waals surface area contributed by atoms with Crippen LogP contribution in [0.25, 0.3) is 4.91 Å². The van der Waals surface area contributed by atoms with Crippen molar-refractivity contribution in [2.75, 3.05) is 26.8 Å². The van der Waals surface area contributed by atoms with Crippen molar-refractivity contribution >= 4 is 26.7 Å². The number of carbonyl (C=O) groups excluding carboxylic acids is 1. The number of methoxy groups -OCH3 is 1. The van der Waals surface area contributed by atoms with Crippen LogP contribution in [0.4, 0.5) is 0 Å².